The second-order valence-electron chi connectivity index (χ2n) is 6.24. The topological polar surface area (TPSA) is 69.5 Å². The van der Waals surface area contributed by atoms with Crippen molar-refractivity contribution >= 4 is 16.9 Å². The van der Waals surface area contributed by atoms with Crippen LogP contribution >= 0.6 is 0 Å². The molecule has 3 N–H and O–H groups in total. The molecule has 5 nitrogen and oxygen atoms in total. The van der Waals surface area contributed by atoms with Gasteiger partial charge in [0.15, 0.2) is 5.96 Å². The van der Waals surface area contributed by atoms with Crippen LogP contribution in [0.4, 0.5) is 0 Å². The summed E-state index contributed by atoms with van der Waals surface area (Å²) in [7, 11) is 0. The molecule has 0 aliphatic heterocycles. The Labute approximate surface area is 150 Å². The first-order valence-corrected chi connectivity index (χ1v) is 9.24. The minimum Gasteiger partial charge on any atom is -0.396 e. The van der Waals surface area contributed by atoms with E-state index in [0.717, 1.165) is 54.8 Å². The van der Waals surface area contributed by atoms with Gasteiger partial charge in [0.05, 0.1) is 12.1 Å². The number of nitrogens with zero attached hydrogens (tertiary/aromatic N) is 2. The molecule has 0 aliphatic rings. The lowest BCUT2D eigenvalue weighted by Gasteiger charge is -2.18. The highest BCUT2D eigenvalue weighted by Gasteiger charge is 2.08. The van der Waals surface area contributed by atoms with Crippen molar-refractivity contribution in [2.75, 3.05) is 19.7 Å². The number of hydrogen-bond donors (Lipinski definition) is 3. The largest absolute Gasteiger partial charge is 0.396 e. The first-order chi connectivity index (χ1) is 12.3. The van der Waals surface area contributed by atoms with E-state index >= 15 is 0 Å². The monoisotopic (exact) mass is 342 g/mol. The zero-order valence-electron chi connectivity index (χ0n) is 15.3. The lowest BCUT2D eigenvalue weighted by molar-refractivity contribution is 0.251. The summed E-state index contributed by atoms with van der Waals surface area (Å²) in [6.45, 7) is 6.71. The predicted octanol–water partition coefficient (Wildman–Crippen LogP) is 3.09. The Morgan fingerprint density at radius 2 is 2.00 bits per heavy atom. The molecule has 1 atom stereocenters. The molecule has 0 saturated carbocycles. The van der Waals surface area contributed by atoms with Crippen LogP contribution < -0.4 is 10.6 Å². The van der Waals surface area contributed by atoms with Gasteiger partial charge in [0.2, 0.25) is 0 Å². The van der Waals surface area contributed by atoms with E-state index in [1.54, 1.807) is 0 Å². The van der Waals surface area contributed by atoms with Crippen LogP contribution in [0.3, 0.4) is 0 Å². The quantitative estimate of drug-likeness (QED) is 0.484. The molecule has 0 bridgehead atoms. The fraction of sp³-hybridized carbons (Fsp3) is 0.500. The van der Waals surface area contributed by atoms with Gasteiger partial charge in [-0.05, 0) is 37.3 Å². The van der Waals surface area contributed by atoms with Crippen molar-refractivity contribution in [1.82, 2.24) is 15.6 Å². The third-order valence-corrected chi connectivity index (χ3v) is 4.26. The van der Waals surface area contributed by atoms with Gasteiger partial charge in [0.1, 0.15) is 0 Å². The number of aliphatic hydroxyl groups is 1. The van der Waals surface area contributed by atoms with Crippen LogP contribution in [0.2, 0.25) is 0 Å². The zero-order chi connectivity index (χ0) is 17.9. The molecule has 25 heavy (non-hydrogen) atoms. The molecule has 0 fully saturated rings. The lowest BCUT2D eigenvalue weighted by atomic mass is 10.0. The average Bonchev–Trinajstić information content (AvgIpc) is 2.64. The molecular formula is C20H30N4O. The summed E-state index contributed by atoms with van der Waals surface area (Å²) in [5, 5.41) is 17.1. The fourth-order valence-corrected chi connectivity index (χ4v) is 2.98. The Morgan fingerprint density at radius 3 is 2.76 bits per heavy atom. The van der Waals surface area contributed by atoms with Gasteiger partial charge < -0.3 is 15.7 Å². The van der Waals surface area contributed by atoms with E-state index < -0.39 is 0 Å². The molecule has 2 aromatic rings. The lowest BCUT2D eigenvalue weighted by Crippen LogP contribution is -2.40. The van der Waals surface area contributed by atoms with Crippen LogP contribution in [0, 0.1) is 5.92 Å². The number of hydrogen-bond acceptors (Lipinski definition) is 3. The number of fused-ring (bicyclic) bond motifs is 1. The molecular weight excluding hydrogens is 312 g/mol. The number of nitrogens with one attached hydrogen (secondary N) is 2. The van der Waals surface area contributed by atoms with Crippen molar-refractivity contribution in [3.63, 3.8) is 0 Å². The van der Waals surface area contributed by atoms with Gasteiger partial charge in [-0.25, -0.2) is 4.99 Å². The van der Waals surface area contributed by atoms with Crippen molar-refractivity contribution in [2.24, 2.45) is 10.9 Å². The van der Waals surface area contributed by atoms with Crippen LogP contribution in [0.15, 0.2) is 41.5 Å². The van der Waals surface area contributed by atoms with Gasteiger partial charge in [-0.2, -0.15) is 0 Å². The summed E-state index contributed by atoms with van der Waals surface area (Å²) >= 11 is 0. The Hall–Kier alpha value is -2.14. The Balaban J connectivity index is 2.05. The maximum Gasteiger partial charge on any atom is 0.191 e. The molecule has 1 aromatic carbocycles. The Kier molecular flexibility index (Phi) is 8.19. The molecule has 2 rings (SSSR count). The summed E-state index contributed by atoms with van der Waals surface area (Å²) in [6, 6.07) is 10.2. The van der Waals surface area contributed by atoms with E-state index in [0.29, 0.717) is 12.5 Å². The highest BCUT2D eigenvalue weighted by Crippen LogP contribution is 2.16. The number of aromatic nitrogens is 1. The molecule has 1 aromatic heterocycles. The summed E-state index contributed by atoms with van der Waals surface area (Å²) in [4.78, 5) is 9.21. The van der Waals surface area contributed by atoms with E-state index in [1.165, 1.54) is 0 Å². The fourth-order valence-electron chi connectivity index (χ4n) is 2.98. The second kappa shape index (κ2) is 10.7. The highest BCUT2D eigenvalue weighted by atomic mass is 16.3. The van der Waals surface area contributed by atoms with E-state index in [9.17, 15) is 5.11 Å². The van der Waals surface area contributed by atoms with E-state index in [1.807, 2.05) is 18.3 Å². The van der Waals surface area contributed by atoms with Crippen molar-refractivity contribution in [3.8, 4) is 0 Å². The SMILES string of the molecule is CCCC(CCO)CNC(=NCc1cccc2cccnc12)NCC. The number of para-hydroxylation sites is 1. The van der Waals surface area contributed by atoms with Gasteiger partial charge in [-0.15, -0.1) is 0 Å². The van der Waals surface area contributed by atoms with E-state index in [2.05, 4.69) is 47.7 Å². The maximum atomic E-state index is 9.20. The number of benzene rings is 1. The normalized spacial score (nSPS) is 13.0. The number of aliphatic imine (C=N–C) groups is 1. The van der Waals surface area contributed by atoms with Crippen LogP contribution in [0.5, 0.6) is 0 Å². The van der Waals surface area contributed by atoms with Gasteiger partial charge >= 0.3 is 0 Å². The van der Waals surface area contributed by atoms with Crippen molar-refractivity contribution < 1.29 is 5.11 Å². The van der Waals surface area contributed by atoms with Crippen LogP contribution in [-0.4, -0.2) is 35.7 Å². The molecule has 1 heterocycles. The number of aliphatic hydroxyl groups excluding tert-OH is 1. The van der Waals surface area contributed by atoms with Gasteiger partial charge in [0.25, 0.3) is 0 Å². The predicted molar refractivity (Wildman–Crippen MR) is 105 cm³/mol. The summed E-state index contributed by atoms with van der Waals surface area (Å²) in [6.07, 6.45) is 4.89. The Bertz CT molecular complexity index is 660. The third-order valence-electron chi connectivity index (χ3n) is 4.26. The molecule has 0 amide bonds. The number of guanidine groups is 1. The van der Waals surface area contributed by atoms with Crippen molar-refractivity contribution in [2.45, 2.75) is 39.7 Å². The molecule has 5 heteroatoms. The molecule has 1 unspecified atom stereocenters. The molecule has 0 aliphatic carbocycles. The zero-order valence-corrected chi connectivity index (χ0v) is 15.3. The first-order valence-electron chi connectivity index (χ1n) is 9.24. The second-order valence-corrected chi connectivity index (χ2v) is 6.24. The standard InChI is InChI=1S/C20H30N4O/c1-3-7-16(11-13-25)14-23-20(21-4-2)24-15-18-9-5-8-17-10-6-12-22-19(17)18/h5-6,8-10,12,16,25H,3-4,7,11,13-15H2,1-2H3,(H2,21,23,24). The first kappa shape index (κ1) is 19.2. The smallest absolute Gasteiger partial charge is 0.191 e. The van der Waals surface area contributed by atoms with Gasteiger partial charge in [-0.3, -0.25) is 4.98 Å². The Morgan fingerprint density at radius 1 is 1.16 bits per heavy atom. The van der Waals surface area contributed by atoms with Crippen molar-refractivity contribution in [3.05, 3.63) is 42.1 Å². The maximum absolute atomic E-state index is 9.20. The minimum atomic E-state index is 0.238. The van der Waals surface area contributed by atoms with E-state index in [-0.39, 0.29) is 6.61 Å². The van der Waals surface area contributed by atoms with Crippen molar-refractivity contribution in [1.29, 1.82) is 0 Å². The summed E-state index contributed by atoms with van der Waals surface area (Å²) in [5.74, 6) is 1.28. The molecule has 0 saturated heterocycles. The minimum absolute atomic E-state index is 0.238. The van der Waals surface area contributed by atoms with Gasteiger partial charge in [-0.1, -0.05) is 37.6 Å². The summed E-state index contributed by atoms with van der Waals surface area (Å²) in [5.41, 5.74) is 2.13. The molecule has 0 radical (unpaired) electrons. The number of pyridine rings is 1. The highest BCUT2D eigenvalue weighted by molar-refractivity contribution is 5.83. The van der Waals surface area contributed by atoms with Gasteiger partial charge in [0, 0.05) is 31.3 Å². The average molecular weight is 342 g/mol. The van der Waals surface area contributed by atoms with Crippen LogP contribution in [-0.2, 0) is 6.54 Å². The summed E-state index contributed by atoms with van der Waals surface area (Å²) < 4.78 is 0. The molecule has 0 spiro atoms. The third kappa shape index (κ3) is 6.02. The van der Waals surface area contributed by atoms with Crippen LogP contribution in [0.1, 0.15) is 38.7 Å². The van der Waals surface area contributed by atoms with E-state index in [4.69, 9.17) is 4.99 Å². The number of rotatable bonds is 9. The molecule has 136 valence electrons. The van der Waals surface area contributed by atoms with Crippen LogP contribution in [0.25, 0.3) is 10.9 Å².